The van der Waals surface area contributed by atoms with Crippen LogP contribution in [0.4, 0.5) is 8.78 Å². The van der Waals surface area contributed by atoms with E-state index in [-0.39, 0.29) is 21.4 Å². The monoisotopic (exact) mass is 358 g/mol. The van der Waals surface area contributed by atoms with Gasteiger partial charge in [-0.25, -0.2) is 13.8 Å². The van der Waals surface area contributed by atoms with Crippen LogP contribution in [0.25, 0.3) is 10.9 Å². The first-order valence-corrected chi connectivity index (χ1v) is 7.52. The summed E-state index contributed by atoms with van der Waals surface area (Å²) in [5.41, 5.74) is -0.757. The Morgan fingerprint density at radius 2 is 2.00 bits per heavy atom. The Morgan fingerprint density at radius 3 is 2.71 bits per heavy atom. The number of hydrogen-bond donors (Lipinski definition) is 1. The molecule has 1 aliphatic rings. The smallest absolute Gasteiger partial charge is 0.261 e. The lowest BCUT2D eigenvalue weighted by atomic mass is 9.92. The zero-order valence-corrected chi connectivity index (χ0v) is 12.6. The molecule has 112 valence electrons. The van der Waals surface area contributed by atoms with Crippen LogP contribution in [0.5, 0.6) is 0 Å². The van der Waals surface area contributed by atoms with Crippen LogP contribution in [-0.2, 0) is 0 Å². The molecule has 1 heterocycles. The Labute approximate surface area is 127 Å². The summed E-state index contributed by atoms with van der Waals surface area (Å²) in [6.45, 7) is 0. The van der Waals surface area contributed by atoms with E-state index in [1.807, 2.05) is 0 Å². The molecule has 0 amide bonds. The maximum absolute atomic E-state index is 13.8. The van der Waals surface area contributed by atoms with Crippen molar-refractivity contribution in [1.82, 2.24) is 9.55 Å². The molecule has 0 spiro atoms. The van der Waals surface area contributed by atoms with E-state index in [4.69, 9.17) is 0 Å². The lowest BCUT2D eigenvalue weighted by molar-refractivity contribution is 0.0735. The molecule has 7 heteroatoms. The molecule has 2 atom stereocenters. The van der Waals surface area contributed by atoms with E-state index in [1.54, 1.807) is 0 Å². The van der Waals surface area contributed by atoms with Crippen LogP contribution in [0.2, 0.25) is 0 Å². The number of halogens is 3. The summed E-state index contributed by atoms with van der Waals surface area (Å²) in [5, 5.41) is 10.0. The molecule has 21 heavy (non-hydrogen) atoms. The van der Waals surface area contributed by atoms with Crippen molar-refractivity contribution < 1.29 is 13.9 Å². The average Bonchev–Trinajstić information content (AvgIpc) is 2.47. The summed E-state index contributed by atoms with van der Waals surface area (Å²) in [7, 11) is 0. The number of rotatable bonds is 1. The molecule has 1 fully saturated rings. The third kappa shape index (κ3) is 2.38. The first kappa shape index (κ1) is 14.6. The van der Waals surface area contributed by atoms with E-state index in [0.717, 1.165) is 12.8 Å². The van der Waals surface area contributed by atoms with Crippen LogP contribution in [-0.4, -0.2) is 20.8 Å². The zero-order valence-electron chi connectivity index (χ0n) is 11.0. The van der Waals surface area contributed by atoms with Gasteiger partial charge in [0.15, 0.2) is 11.6 Å². The molecule has 1 aromatic heterocycles. The van der Waals surface area contributed by atoms with Gasteiger partial charge in [0.2, 0.25) is 0 Å². The number of fused-ring (bicyclic) bond motifs is 1. The number of hydrogen-bond acceptors (Lipinski definition) is 3. The topological polar surface area (TPSA) is 55.1 Å². The van der Waals surface area contributed by atoms with Crippen LogP contribution < -0.4 is 5.56 Å². The van der Waals surface area contributed by atoms with Gasteiger partial charge in [-0.3, -0.25) is 9.36 Å². The summed E-state index contributed by atoms with van der Waals surface area (Å²) in [6.07, 6.45) is 3.69. The molecular formula is C14H13BrF2N2O2. The quantitative estimate of drug-likeness (QED) is 0.797. The number of nitrogens with zero attached hydrogens (tertiary/aromatic N) is 2. The maximum atomic E-state index is 13.8. The Kier molecular flexibility index (Phi) is 3.79. The van der Waals surface area contributed by atoms with Gasteiger partial charge in [0.1, 0.15) is 5.52 Å². The fourth-order valence-corrected chi connectivity index (χ4v) is 3.24. The van der Waals surface area contributed by atoms with Gasteiger partial charge in [0.25, 0.3) is 5.56 Å². The molecule has 0 aliphatic heterocycles. The highest BCUT2D eigenvalue weighted by molar-refractivity contribution is 9.10. The van der Waals surface area contributed by atoms with Crippen LogP contribution in [0, 0.1) is 11.6 Å². The van der Waals surface area contributed by atoms with Gasteiger partial charge in [-0.2, -0.15) is 0 Å². The van der Waals surface area contributed by atoms with E-state index in [0.29, 0.717) is 12.8 Å². The van der Waals surface area contributed by atoms with Crippen LogP contribution >= 0.6 is 15.9 Å². The van der Waals surface area contributed by atoms with E-state index >= 15 is 0 Å². The molecule has 0 radical (unpaired) electrons. The SMILES string of the molecule is O=c1c2cc(Br)c(F)c(F)c2ncn1[C@H]1CCCC[C@@H]1O. The second-order valence-electron chi connectivity index (χ2n) is 5.26. The minimum Gasteiger partial charge on any atom is -0.391 e. The minimum atomic E-state index is -1.15. The first-order chi connectivity index (χ1) is 10.0. The fraction of sp³-hybridized carbons (Fsp3) is 0.429. The van der Waals surface area contributed by atoms with Crippen molar-refractivity contribution in [2.45, 2.75) is 37.8 Å². The molecular weight excluding hydrogens is 346 g/mol. The van der Waals surface area contributed by atoms with Gasteiger partial charge in [0, 0.05) is 0 Å². The molecule has 1 N–H and O–H groups in total. The standard InChI is InChI=1S/C14H13BrF2N2O2/c15-8-5-7-13(12(17)11(8)16)18-6-19(14(7)21)9-3-1-2-4-10(9)20/h5-6,9-10,20H,1-4H2/t9-,10-/m0/s1. The summed E-state index contributed by atoms with van der Waals surface area (Å²) >= 11 is 2.89. The lowest BCUT2D eigenvalue weighted by Crippen LogP contribution is -2.34. The van der Waals surface area contributed by atoms with Crippen molar-refractivity contribution in [3.8, 4) is 0 Å². The summed E-state index contributed by atoms with van der Waals surface area (Å²) < 4.78 is 28.5. The molecule has 0 saturated heterocycles. The van der Waals surface area contributed by atoms with Crippen molar-refractivity contribution in [3.63, 3.8) is 0 Å². The van der Waals surface area contributed by atoms with E-state index < -0.39 is 23.3 Å². The highest BCUT2D eigenvalue weighted by Gasteiger charge is 2.26. The summed E-state index contributed by atoms with van der Waals surface area (Å²) in [4.78, 5) is 16.4. The van der Waals surface area contributed by atoms with Gasteiger partial charge in [-0.15, -0.1) is 0 Å². The van der Waals surface area contributed by atoms with Gasteiger partial charge in [-0.05, 0) is 34.8 Å². The molecule has 3 rings (SSSR count). The zero-order chi connectivity index (χ0) is 15.1. The number of aromatic nitrogens is 2. The molecule has 4 nitrogen and oxygen atoms in total. The summed E-state index contributed by atoms with van der Waals surface area (Å²) in [5.74, 6) is -2.21. The Bertz CT molecular complexity index is 763. The maximum Gasteiger partial charge on any atom is 0.261 e. The first-order valence-electron chi connectivity index (χ1n) is 6.73. The second-order valence-corrected chi connectivity index (χ2v) is 6.11. The lowest BCUT2D eigenvalue weighted by Gasteiger charge is -2.29. The van der Waals surface area contributed by atoms with Crippen molar-refractivity contribution in [3.05, 3.63) is 38.9 Å². The highest BCUT2D eigenvalue weighted by atomic mass is 79.9. The van der Waals surface area contributed by atoms with E-state index in [2.05, 4.69) is 20.9 Å². The normalized spacial score (nSPS) is 22.7. The predicted octanol–water partition coefficient (Wildman–Crippen LogP) is 2.91. The largest absolute Gasteiger partial charge is 0.391 e. The van der Waals surface area contributed by atoms with E-state index in [9.17, 15) is 18.7 Å². The van der Waals surface area contributed by atoms with Gasteiger partial charge >= 0.3 is 0 Å². The molecule has 1 saturated carbocycles. The van der Waals surface area contributed by atoms with Gasteiger partial charge in [0.05, 0.1) is 28.3 Å². The van der Waals surface area contributed by atoms with Gasteiger partial charge in [-0.1, -0.05) is 12.8 Å². The fourth-order valence-electron chi connectivity index (χ4n) is 2.84. The third-order valence-electron chi connectivity index (χ3n) is 3.96. The molecule has 2 aromatic rings. The Morgan fingerprint density at radius 1 is 1.29 bits per heavy atom. The molecule has 0 bridgehead atoms. The van der Waals surface area contributed by atoms with Crippen molar-refractivity contribution >= 4 is 26.8 Å². The highest BCUT2D eigenvalue weighted by Crippen LogP contribution is 2.29. The summed E-state index contributed by atoms with van der Waals surface area (Å²) in [6, 6.07) is 0.865. The Balaban J connectivity index is 2.21. The van der Waals surface area contributed by atoms with E-state index in [1.165, 1.54) is 17.0 Å². The van der Waals surface area contributed by atoms with Crippen LogP contribution in [0.1, 0.15) is 31.7 Å². The van der Waals surface area contributed by atoms with Crippen molar-refractivity contribution in [2.24, 2.45) is 0 Å². The Hall–Kier alpha value is -1.34. The average molecular weight is 359 g/mol. The predicted molar refractivity (Wildman–Crippen MR) is 77.1 cm³/mol. The second kappa shape index (κ2) is 5.46. The third-order valence-corrected chi connectivity index (χ3v) is 4.54. The number of aliphatic hydroxyl groups excluding tert-OH is 1. The van der Waals surface area contributed by atoms with Gasteiger partial charge < -0.3 is 5.11 Å². The molecule has 0 unspecified atom stereocenters. The minimum absolute atomic E-state index is 0.000971. The number of aliphatic hydroxyl groups is 1. The molecule has 1 aliphatic carbocycles. The van der Waals surface area contributed by atoms with Crippen molar-refractivity contribution in [2.75, 3.05) is 0 Å². The van der Waals surface area contributed by atoms with Crippen LogP contribution in [0.15, 0.2) is 21.7 Å². The number of benzene rings is 1. The molecule has 1 aromatic carbocycles. The van der Waals surface area contributed by atoms with Crippen LogP contribution in [0.3, 0.4) is 0 Å². The van der Waals surface area contributed by atoms with Crippen molar-refractivity contribution in [1.29, 1.82) is 0 Å².